The van der Waals surface area contributed by atoms with Crippen LogP contribution in [0.5, 0.6) is 0 Å². The third-order valence-corrected chi connectivity index (χ3v) is 4.13. The molecule has 1 aromatic carbocycles. The third-order valence-electron chi connectivity index (χ3n) is 2.04. The molecule has 4 N–H and O–H groups in total. The van der Waals surface area contributed by atoms with Gasteiger partial charge in [0.15, 0.2) is 0 Å². The molecule has 10 heteroatoms. The van der Waals surface area contributed by atoms with Gasteiger partial charge in [0.05, 0.1) is 4.90 Å². The maximum atomic E-state index is 11.4. The number of carboxylic acids is 1. The number of aliphatic carboxylic acids is 1. The summed E-state index contributed by atoms with van der Waals surface area (Å²) in [5, 5.41) is 15.7. The molecule has 1 amide bonds. The zero-order chi connectivity index (χ0) is 15.3. The SMILES string of the molecule is NS(=O)(=O)c1ccc(NC(=O)C[S@@](=O)CC(=O)O)cc1. The van der Waals surface area contributed by atoms with Crippen LogP contribution >= 0.6 is 0 Å². The van der Waals surface area contributed by atoms with E-state index < -0.39 is 44.2 Å². The highest BCUT2D eigenvalue weighted by Gasteiger charge is 2.12. The Kier molecular flexibility index (Phi) is 5.36. The van der Waals surface area contributed by atoms with Crippen LogP contribution in [-0.2, 0) is 30.4 Å². The minimum absolute atomic E-state index is 0.107. The van der Waals surface area contributed by atoms with Crippen LogP contribution in [0.25, 0.3) is 0 Å². The Morgan fingerprint density at radius 1 is 1.20 bits per heavy atom. The summed E-state index contributed by atoms with van der Waals surface area (Å²) in [4.78, 5) is 21.6. The average molecular weight is 320 g/mol. The number of amides is 1. The van der Waals surface area contributed by atoms with E-state index in [1.54, 1.807) is 0 Å². The Morgan fingerprint density at radius 2 is 1.75 bits per heavy atom. The zero-order valence-electron chi connectivity index (χ0n) is 10.1. The first-order valence-corrected chi connectivity index (χ1v) is 8.21. The van der Waals surface area contributed by atoms with Crippen LogP contribution in [0, 0.1) is 0 Å². The third kappa shape index (κ3) is 5.47. The van der Waals surface area contributed by atoms with Crippen molar-refractivity contribution >= 4 is 38.4 Å². The fourth-order valence-corrected chi connectivity index (χ4v) is 2.52. The first-order chi connectivity index (χ1) is 9.18. The lowest BCUT2D eigenvalue weighted by Crippen LogP contribution is -2.23. The highest BCUT2D eigenvalue weighted by atomic mass is 32.2. The molecule has 0 aliphatic carbocycles. The number of nitrogens with two attached hydrogens (primary N) is 1. The van der Waals surface area contributed by atoms with Crippen LogP contribution in [0.15, 0.2) is 29.2 Å². The van der Waals surface area contributed by atoms with E-state index in [-0.39, 0.29) is 10.6 Å². The van der Waals surface area contributed by atoms with E-state index in [1.807, 2.05) is 0 Å². The lowest BCUT2D eigenvalue weighted by molar-refractivity contribution is -0.133. The molecule has 0 spiro atoms. The average Bonchev–Trinajstić information content (AvgIpc) is 2.26. The van der Waals surface area contributed by atoms with E-state index in [0.717, 1.165) is 0 Å². The van der Waals surface area contributed by atoms with Crippen LogP contribution in [-0.4, -0.2) is 41.1 Å². The van der Waals surface area contributed by atoms with Crippen molar-refractivity contribution in [2.24, 2.45) is 5.14 Å². The fourth-order valence-electron chi connectivity index (χ4n) is 1.26. The molecule has 0 aliphatic heterocycles. The highest BCUT2D eigenvalue weighted by Crippen LogP contribution is 2.12. The summed E-state index contributed by atoms with van der Waals surface area (Å²) in [6.07, 6.45) is 0. The van der Waals surface area contributed by atoms with Gasteiger partial charge in [-0.3, -0.25) is 13.8 Å². The van der Waals surface area contributed by atoms with Crippen molar-refractivity contribution < 1.29 is 27.3 Å². The molecule has 0 saturated heterocycles. The van der Waals surface area contributed by atoms with Crippen LogP contribution in [0.4, 0.5) is 5.69 Å². The lowest BCUT2D eigenvalue weighted by atomic mass is 10.3. The monoisotopic (exact) mass is 320 g/mol. The van der Waals surface area contributed by atoms with Crippen molar-refractivity contribution in [3.63, 3.8) is 0 Å². The van der Waals surface area contributed by atoms with Gasteiger partial charge in [-0.05, 0) is 24.3 Å². The molecular weight excluding hydrogens is 308 g/mol. The highest BCUT2D eigenvalue weighted by molar-refractivity contribution is 7.89. The van der Waals surface area contributed by atoms with Gasteiger partial charge in [0, 0.05) is 16.5 Å². The smallest absolute Gasteiger partial charge is 0.316 e. The molecule has 0 fully saturated rings. The Bertz CT molecular complexity index is 638. The van der Waals surface area contributed by atoms with Crippen molar-refractivity contribution in [2.75, 3.05) is 16.8 Å². The Morgan fingerprint density at radius 3 is 2.20 bits per heavy atom. The molecule has 0 unspecified atom stereocenters. The number of anilines is 1. The maximum absolute atomic E-state index is 11.4. The van der Waals surface area contributed by atoms with Gasteiger partial charge >= 0.3 is 5.97 Å². The first-order valence-electron chi connectivity index (χ1n) is 5.18. The maximum Gasteiger partial charge on any atom is 0.316 e. The number of rotatable bonds is 6. The Labute approximate surface area is 117 Å². The summed E-state index contributed by atoms with van der Waals surface area (Å²) >= 11 is 0. The van der Waals surface area contributed by atoms with E-state index >= 15 is 0 Å². The molecule has 0 bridgehead atoms. The fraction of sp³-hybridized carbons (Fsp3) is 0.200. The van der Waals surface area contributed by atoms with Crippen molar-refractivity contribution in [1.29, 1.82) is 0 Å². The van der Waals surface area contributed by atoms with Gasteiger partial charge in [-0.2, -0.15) is 0 Å². The Balaban J connectivity index is 2.63. The topological polar surface area (TPSA) is 144 Å². The second-order valence-electron chi connectivity index (χ2n) is 3.74. The predicted molar refractivity (Wildman–Crippen MR) is 72.0 cm³/mol. The van der Waals surface area contributed by atoms with Gasteiger partial charge < -0.3 is 10.4 Å². The summed E-state index contributed by atoms with van der Waals surface area (Å²) in [5.41, 5.74) is 0.287. The molecule has 8 nitrogen and oxygen atoms in total. The number of carbonyl (C=O) groups excluding carboxylic acids is 1. The summed E-state index contributed by atoms with van der Waals surface area (Å²) < 4.78 is 33.2. The minimum atomic E-state index is -3.81. The number of benzene rings is 1. The quantitative estimate of drug-likeness (QED) is 0.620. The number of carbonyl (C=O) groups is 2. The number of sulfonamides is 1. The summed E-state index contributed by atoms with van der Waals surface area (Å²) in [5.74, 6) is -2.96. The largest absolute Gasteiger partial charge is 0.481 e. The van der Waals surface area contributed by atoms with Crippen LogP contribution in [0.2, 0.25) is 0 Å². The number of nitrogens with one attached hydrogen (secondary N) is 1. The van der Waals surface area contributed by atoms with Gasteiger partial charge in [0.25, 0.3) is 0 Å². The summed E-state index contributed by atoms with van der Waals surface area (Å²) in [6, 6.07) is 5.05. The van der Waals surface area contributed by atoms with Crippen LogP contribution in [0.3, 0.4) is 0 Å². The summed E-state index contributed by atoms with van der Waals surface area (Å²) in [6.45, 7) is 0. The van der Waals surface area contributed by atoms with E-state index in [0.29, 0.717) is 0 Å². The number of hydrogen-bond acceptors (Lipinski definition) is 5. The first kappa shape index (κ1) is 16.3. The molecule has 1 aromatic rings. The molecule has 0 aromatic heterocycles. The molecule has 0 heterocycles. The van der Waals surface area contributed by atoms with Gasteiger partial charge in [0.1, 0.15) is 11.5 Å². The zero-order valence-corrected chi connectivity index (χ0v) is 11.7. The van der Waals surface area contributed by atoms with Gasteiger partial charge in [-0.15, -0.1) is 0 Å². The molecular formula is C10H12N2O6S2. The Hall–Kier alpha value is -1.78. The standard InChI is InChI=1S/C10H12N2O6S2/c11-20(17,18)8-3-1-7(2-4-8)12-9(13)5-19(16)6-10(14)15/h1-4H,5-6H2,(H,12,13)(H,14,15)(H2,11,17,18)/t19-/m1/s1. The molecule has 1 rings (SSSR count). The van der Waals surface area contributed by atoms with Crippen molar-refractivity contribution in [2.45, 2.75) is 4.90 Å². The van der Waals surface area contributed by atoms with E-state index in [9.17, 15) is 22.2 Å². The van der Waals surface area contributed by atoms with E-state index in [1.165, 1.54) is 24.3 Å². The van der Waals surface area contributed by atoms with Crippen LogP contribution in [0.1, 0.15) is 0 Å². The van der Waals surface area contributed by atoms with Gasteiger partial charge in [-0.25, -0.2) is 13.6 Å². The molecule has 0 saturated carbocycles. The molecule has 110 valence electrons. The normalized spacial score (nSPS) is 12.7. The van der Waals surface area contributed by atoms with E-state index in [4.69, 9.17) is 10.2 Å². The molecule has 20 heavy (non-hydrogen) atoms. The van der Waals surface area contributed by atoms with Gasteiger partial charge in [-0.1, -0.05) is 0 Å². The van der Waals surface area contributed by atoms with Crippen molar-refractivity contribution in [1.82, 2.24) is 0 Å². The second kappa shape index (κ2) is 6.59. The lowest BCUT2D eigenvalue weighted by Gasteiger charge is -2.05. The van der Waals surface area contributed by atoms with Crippen molar-refractivity contribution in [3.05, 3.63) is 24.3 Å². The summed E-state index contributed by atoms with van der Waals surface area (Å²) in [7, 11) is -5.61. The van der Waals surface area contributed by atoms with Crippen LogP contribution < -0.4 is 10.5 Å². The molecule has 1 atom stereocenters. The minimum Gasteiger partial charge on any atom is -0.481 e. The molecule has 0 aliphatic rings. The second-order valence-corrected chi connectivity index (χ2v) is 6.76. The number of carboxylic acid groups (broad SMARTS) is 1. The van der Waals surface area contributed by atoms with E-state index in [2.05, 4.69) is 5.32 Å². The number of primary sulfonamides is 1. The molecule has 0 radical (unpaired) electrons. The number of hydrogen-bond donors (Lipinski definition) is 3. The van der Waals surface area contributed by atoms with Crippen molar-refractivity contribution in [3.8, 4) is 0 Å². The van der Waals surface area contributed by atoms with Gasteiger partial charge in [0.2, 0.25) is 15.9 Å². The predicted octanol–water partition coefficient (Wildman–Crippen LogP) is -0.894.